The molecule has 1 fully saturated rings. The molecule has 5 heteroatoms. The lowest BCUT2D eigenvalue weighted by Crippen LogP contribution is -2.45. The largest absolute Gasteiger partial charge is 0.296 e. The molecule has 0 radical (unpaired) electrons. The van der Waals surface area contributed by atoms with Crippen LogP contribution in [0.1, 0.15) is 11.3 Å². The highest BCUT2D eigenvalue weighted by Gasteiger charge is 2.18. The summed E-state index contributed by atoms with van der Waals surface area (Å²) in [6.07, 6.45) is 1.83. The number of benzene rings is 1. The van der Waals surface area contributed by atoms with Crippen LogP contribution < -0.4 is 0 Å². The predicted molar refractivity (Wildman–Crippen MR) is 88.9 cm³/mol. The van der Waals surface area contributed by atoms with Crippen molar-refractivity contribution in [1.29, 1.82) is 0 Å². The zero-order valence-electron chi connectivity index (χ0n) is 12.4. The van der Waals surface area contributed by atoms with Crippen molar-refractivity contribution in [1.82, 2.24) is 14.8 Å². The molecule has 0 spiro atoms. The van der Waals surface area contributed by atoms with E-state index >= 15 is 0 Å². The Morgan fingerprint density at radius 3 is 2.41 bits per heavy atom. The molecule has 0 aliphatic carbocycles. The highest BCUT2D eigenvalue weighted by Crippen LogP contribution is 2.18. The van der Waals surface area contributed by atoms with Crippen LogP contribution in [0.5, 0.6) is 0 Å². The molecule has 0 N–H and O–H groups in total. The van der Waals surface area contributed by atoms with Gasteiger partial charge < -0.3 is 0 Å². The van der Waals surface area contributed by atoms with Crippen molar-refractivity contribution in [2.75, 3.05) is 26.2 Å². The maximum atomic E-state index is 13.8. The second-order valence-electron chi connectivity index (χ2n) is 5.61. The first-order chi connectivity index (χ1) is 10.7. The molecule has 1 saturated heterocycles. The zero-order chi connectivity index (χ0) is 15.4. The van der Waals surface area contributed by atoms with Gasteiger partial charge in [-0.1, -0.05) is 22.0 Å². The van der Waals surface area contributed by atoms with E-state index in [0.717, 1.165) is 48.5 Å². The molecule has 22 heavy (non-hydrogen) atoms. The lowest BCUT2D eigenvalue weighted by atomic mass is 10.2. The summed E-state index contributed by atoms with van der Waals surface area (Å²) in [6.45, 7) is 5.46. The van der Waals surface area contributed by atoms with Crippen molar-refractivity contribution in [2.45, 2.75) is 13.1 Å². The minimum Gasteiger partial charge on any atom is -0.296 e. The van der Waals surface area contributed by atoms with Gasteiger partial charge in [-0.3, -0.25) is 14.8 Å². The number of hydrogen-bond acceptors (Lipinski definition) is 3. The first-order valence-corrected chi connectivity index (χ1v) is 8.28. The minimum atomic E-state index is -0.126. The summed E-state index contributed by atoms with van der Waals surface area (Å²) in [7, 11) is 0. The molecule has 3 rings (SSSR count). The van der Waals surface area contributed by atoms with E-state index in [4.69, 9.17) is 0 Å². The molecule has 2 aromatic rings. The number of rotatable bonds is 4. The van der Waals surface area contributed by atoms with Crippen molar-refractivity contribution in [3.8, 4) is 0 Å². The smallest absolute Gasteiger partial charge is 0.127 e. The highest BCUT2D eigenvalue weighted by atomic mass is 79.9. The second kappa shape index (κ2) is 7.31. The van der Waals surface area contributed by atoms with Gasteiger partial charge in [0.2, 0.25) is 0 Å². The quantitative estimate of drug-likeness (QED) is 0.830. The molecular weight excluding hydrogens is 345 g/mol. The molecule has 0 atom stereocenters. The Balaban J connectivity index is 1.52. The van der Waals surface area contributed by atoms with Crippen molar-refractivity contribution < 1.29 is 4.39 Å². The Bertz CT molecular complexity index is 613. The molecule has 2 heterocycles. The van der Waals surface area contributed by atoms with E-state index in [1.807, 2.05) is 24.4 Å². The maximum Gasteiger partial charge on any atom is 0.127 e. The van der Waals surface area contributed by atoms with E-state index in [1.165, 1.54) is 6.07 Å². The SMILES string of the molecule is Fc1ccc(Br)cc1CN1CCN(Cc2ccccn2)CC1. The maximum absolute atomic E-state index is 13.8. The highest BCUT2D eigenvalue weighted by molar-refractivity contribution is 9.10. The molecule has 1 aromatic heterocycles. The van der Waals surface area contributed by atoms with Gasteiger partial charge in [0.1, 0.15) is 5.82 Å². The summed E-state index contributed by atoms with van der Waals surface area (Å²) in [4.78, 5) is 9.08. The van der Waals surface area contributed by atoms with Crippen molar-refractivity contribution >= 4 is 15.9 Å². The van der Waals surface area contributed by atoms with Crippen LogP contribution in [0.4, 0.5) is 4.39 Å². The number of halogens is 2. The number of aromatic nitrogens is 1. The van der Waals surface area contributed by atoms with E-state index in [-0.39, 0.29) is 5.82 Å². The monoisotopic (exact) mass is 363 g/mol. The third kappa shape index (κ3) is 4.12. The zero-order valence-corrected chi connectivity index (χ0v) is 14.0. The van der Waals surface area contributed by atoms with Gasteiger partial charge in [-0.25, -0.2) is 4.39 Å². The van der Waals surface area contributed by atoms with Gasteiger partial charge in [-0.15, -0.1) is 0 Å². The average molecular weight is 364 g/mol. The summed E-state index contributed by atoms with van der Waals surface area (Å²) in [5.41, 5.74) is 1.86. The molecule has 3 nitrogen and oxygen atoms in total. The third-order valence-corrected chi connectivity index (χ3v) is 4.47. The summed E-state index contributed by atoms with van der Waals surface area (Å²) < 4.78 is 14.8. The van der Waals surface area contributed by atoms with Gasteiger partial charge in [0, 0.05) is 55.5 Å². The number of nitrogens with zero attached hydrogens (tertiary/aromatic N) is 3. The Morgan fingerprint density at radius 1 is 1.00 bits per heavy atom. The van der Waals surface area contributed by atoms with Crippen LogP contribution in [0, 0.1) is 5.82 Å². The molecule has 0 saturated carbocycles. The van der Waals surface area contributed by atoms with Crippen molar-refractivity contribution in [2.24, 2.45) is 0 Å². The molecule has 1 aromatic carbocycles. The summed E-state index contributed by atoms with van der Waals surface area (Å²) in [5, 5.41) is 0. The first-order valence-electron chi connectivity index (χ1n) is 7.49. The van der Waals surface area contributed by atoms with Crippen LogP contribution in [-0.2, 0) is 13.1 Å². The molecular formula is C17H19BrFN3. The van der Waals surface area contributed by atoms with E-state index in [9.17, 15) is 4.39 Å². The van der Waals surface area contributed by atoms with Crippen LogP contribution in [0.25, 0.3) is 0 Å². The topological polar surface area (TPSA) is 19.4 Å². The molecule has 1 aliphatic heterocycles. The number of piperazine rings is 1. The van der Waals surface area contributed by atoms with Crippen molar-refractivity contribution in [3.05, 3.63) is 64.1 Å². The standard InChI is InChI=1S/C17H19BrFN3/c18-15-4-5-17(19)14(11-15)12-21-7-9-22(10-8-21)13-16-3-1-2-6-20-16/h1-6,11H,7-10,12-13H2. The van der Waals surface area contributed by atoms with E-state index in [0.29, 0.717) is 6.54 Å². The Morgan fingerprint density at radius 2 is 1.73 bits per heavy atom. The fraction of sp³-hybridized carbons (Fsp3) is 0.353. The molecule has 0 unspecified atom stereocenters. The lowest BCUT2D eigenvalue weighted by Gasteiger charge is -2.34. The lowest BCUT2D eigenvalue weighted by molar-refractivity contribution is 0.120. The predicted octanol–water partition coefficient (Wildman–Crippen LogP) is 3.30. The first kappa shape index (κ1) is 15.6. The Kier molecular flexibility index (Phi) is 5.18. The Hall–Kier alpha value is -1.30. The van der Waals surface area contributed by atoms with Gasteiger partial charge in [0.25, 0.3) is 0 Å². The summed E-state index contributed by atoms with van der Waals surface area (Å²) >= 11 is 3.41. The number of pyridine rings is 1. The van der Waals surface area contributed by atoms with Crippen LogP contribution in [0.3, 0.4) is 0 Å². The average Bonchev–Trinajstić information content (AvgIpc) is 2.54. The van der Waals surface area contributed by atoms with Gasteiger partial charge in [-0.2, -0.15) is 0 Å². The fourth-order valence-electron chi connectivity index (χ4n) is 2.73. The van der Waals surface area contributed by atoms with E-state index in [1.54, 1.807) is 6.07 Å². The normalized spacial score (nSPS) is 16.8. The third-order valence-electron chi connectivity index (χ3n) is 3.98. The van der Waals surface area contributed by atoms with Crippen LogP contribution in [0.2, 0.25) is 0 Å². The van der Waals surface area contributed by atoms with Crippen LogP contribution in [-0.4, -0.2) is 41.0 Å². The fourth-order valence-corrected chi connectivity index (χ4v) is 3.14. The van der Waals surface area contributed by atoms with Gasteiger partial charge in [0.15, 0.2) is 0 Å². The van der Waals surface area contributed by atoms with Crippen LogP contribution >= 0.6 is 15.9 Å². The molecule has 0 bridgehead atoms. The molecule has 0 amide bonds. The van der Waals surface area contributed by atoms with Gasteiger partial charge in [-0.05, 0) is 30.3 Å². The van der Waals surface area contributed by atoms with Gasteiger partial charge in [0.05, 0.1) is 5.69 Å². The van der Waals surface area contributed by atoms with Crippen LogP contribution in [0.15, 0.2) is 47.1 Å². The van der Waals surface area contributed by atoms with Crippen molar-refractivity contribution in [3.63, 3.8) is 0 Å². The second-order valence-corrected chi connectivity index (χ2v) is 6.52. The Labute approximate surface area is 138 Å². The summed E-state index contributed by atoms with van der Waals surface area (Å²) in [5.74, 6) is -0.126. The number of hydrogen-bond donors (Lipinski definition) is 0. The minimum absolute atomic E-state index is 0.126. The van der Waals surface area contributed by atoms with E-state index < -0.39 is 0 Å². The molecule has 116 valence electrons. The van der Waals surface area contributed by atoms with E-state index in [2.05, 4.69) is 36.8 Å². The van der Waals surface area contributed by atoms with Gasteiger partial charge >= 0.3 is 0 Å². The summed E-state index contributed by atoms with van der Waals surface area (Å²) in [6, 6.07) is 11.2. The molecule has 1 aliphatic rings.